The lowest BCUT2D eigenvalue weighted by atomic mass is 10.1. The molecule has 24 heavy (non-hydrogen) atoms. The third kappa shape index (κ3) is 4.94. The number of carbonyl (C=O) groups is 1. The van der Waals surface area contributed by atoms with Crippen molar-refractivity contribution in [3.8, 4) is 0 Å². The molecule has 0 bridgehead atoms. The van der Waals surface area contributed by atoms with Gasteiger partial charge in [-0.1, -0.05) is 34.1 Å². The van der Waals surface area contributed by atoms with E-state index < -0.39 is 23.1 Å². The minimum absolute atomic E-state index is 0.0804. The fourth-order valence-corrected chi connectivity index (χ4v) is 3.07. The molecule has 0 heterocycles. The number of esters is 1. The zero-order chi connectivity index (χ0) is 17.7. The van der Waals surface area contributed by atoms with Gasteiger partial charge in [0, 0.05) is 23.1 Å². The summed E-state index contributed by atoms with van der Waals surface area (Å²) in [6.07, 6.45) is 0. The van der Waals surface area contributed by atoms with Gasteiger partial charge in [-0.05, 0) is 29.8 Å². The van der Waals surface area contributed by atoms with Crippen molar-refractivity contribution in [3.05, 3.63) is 69.4 Å². The zero-order valence-corrected chi connectivity index (χ0v) is 15.1. The molecule has 128 valence electrons. The van der Waals surface area contributed by atoms with E-state index in [1.54, 1.807) is 6.07 Å². The van der Waals surface area contributed by atoms with Crippen LogP contribution in [0.3, 0.4) is 0 Å². The molecular weight excluding hydrogens is 401 g/mol. The van der Waals surface area contributed by atoms with Gasteiger partial charge in [-0.2, -0.15) is 4.31 Å². The number of nitrogens with zero attached hydrogens (tertiary/aromatic N) is 1. The summed E-state index contributed by atoms with van der Waals surface area (Å²) >= 11 is 1.06. The number of ether oxygens (including phenoxy) is 1. The van der Waals surface area contributed by atoms with Gasteiger partial charge in [-0.25, -0.2) is 13.4 Å². The second-order valence-electron chi connectivity index (χ2n) is 4.96. The molecule has 2 rings (SSSR count). The lowest BCUT2D eigenvalue weighted by Gasteiger charge is -2.18. The van der Waals surface area contributed by atoms with E-state index in [-0.39, 0.29) is 24.2 Å². The first-order chi connectivity index (χ1) is 11.4. The maximum atomic E-state index is 14.2. The summed E-state index contributed by atoms with van der Waals surface area (Å²) in [6.45, 7) is 0.0870. The topological polar surface area (TPSA) is 66.8 Å². The van der Waals surface area contributed by atoms with Gasteiger partial charge >= 0.3 is 5.97 Å². The maximum absolute atomic E-state index is 14.2. The van der Waals surface area contributed by atoms with E-state index in [1.165, 1.54) is 23.5 Å². The smallest absolute Gasteiger partial charge is 0.337 e. The molecule has 0 aromatic heterocycles. The van der Waals surface area contributed by atoms with Crippen LogP contribution < -0.4 is 0 Å². The van der Waals surface area contributed by atoms with Gasteiger partial charge in [0.2, 0.25) is 11.3 Å². The van der Waals surface area contributed by atoms with Crippen molar-refractivity contribution in [3.63, 3.8) is 0 Å². The largest absolute Gasteiger partial charge is 0.465 e. The fourth-order valence-electron chi connectivity index (χ4n) is 2.12. The summed E-state index contributed by atoms with van der Waals surface area (Å²) in [7, 11) is 1.21. The first-order valence-electron chi connectivity index (χ1n) is 6.88. The lowest BCUT2D eigenvalue weighted by Crippen LogP contribution is -2.25. The molecular formula is C16H15BrFNO4S. The molecule has 1 unspecified atom stereocenters. The molecule has 2 aromatic carbocycles. The van der Waals surface area contributed by atoms with Gasteiger partial charge in [0.25, 0.3) is 0 Å². The normalized spacial score (nSPS) is 12.2. The average molecular weight is 416 g/mol. The van der Waals surface area contributed by atoms with Crippen LogP contribution in [-0.4, -0.2) is 26.1 Å². The Bertz CT molecular complexity index is 771. The van der Waals surface area contributed by atoms with Crippen molar-refractivity contribution in [2.24, 2.45) is 0 Å². The van der Waals surface area contributed by atoms with Gasteiger partial charge in [0.05, 0.1) is 12.7 Å². The molecule has 0 aliphatic carbocycles. The highest BCUT2D eigenvalue weighted by Gasteiger charge is 2.17. The van der Waals surface area contributed by atoms with Crippen molar-refractivity contribution in [2.45, 2.75) is 13.1 Å². The Balaban J connectivity index is 2.19. The van der Waals surface area contributed by atoms with E-state index in [4.69, 9.17) is 0 Å². The van der Waals surface area contributed by atoms with E-state index in [2.05, 4.69) is 20.7 Å². The van der Waals surface area contributed by atoms with Crippen LogP contribution in [0.25, 0.3) is 0 Å². The minimum atomic E-state index is -2.28. The van der Waals surface area contributed by atoms with E-state index in [1.807, 2.05) is 18.2 Å². The molecule has 0 spiro atoms. The van der Waals surface area contributed by atoms with Crippen LogP contribution in [0.4, 0.5) is 4.39 Å². The minimum Gasteiger partial charge on any atom is -0.465 e. The number of halogens is 2. The Labute approximate surface area is 150 Å². The zero-order valence-electron chi connectivity index (χ0n) is 12.7. The molecule has 0 saturated heterocycles. The molecule has 0 amide bonds. The summed E-state index contributed by atoms with van der Waals surface area (Å²) < 4.78 is 41.8. The highest BCUT2D eigenvalue weighted by Crippen LogP contribution is 2.18. The summed E-state index contributed by atoms with van der Waals surface area (Å²) in [4.78, 5) is 11.4. The van der Waals surface area contributed by atoms with Crippen LogP contribution in [0.15, 0.2) is 46.9 Å². The number of rotatable bonds is 6. The maximum Gasteiger partial charge on any atom is 0.337 e. The number of hydrogen-bond donors (Lipinski definition) is 1. The van der Waals surface area contributed by atoms with Crippen molar-refractivity contribution >= 4 is 33.2 Å². The van der Waals surface area contributed by atoms with Crippen LogP contribution >= 0.6 is 15.9 Å². The second kappa shape index (κ2) is 8.48. The Morgan fingerprint density at radius 2 is 2.04 bits per heavy atom. The highest BCUT2D eigenvalue weighted by atomic mass is 79.9. The summed E-state index contributed by atoms with van der Waals surface area (Å²) in [5.74, 6) is -1.28. The van der Waals surface area contributed by atoms with Gasteiger partial charge in [0.1, 0.15) is 5.82 Å². The van der Waals surface area contributed by atoms with Crippen molar-refractivity contribution < 1.29 is 22.7 Å². The number of hydrogen-bond acceptors (Lipinski definition) is 3. The van der Waals surface area contributed by atoms with Crippen LogP contribution in [-0.2, 0) is 29.1 Å². The van der Waals surface area contributed by atoms with Gasteiger partial charge in [-0.3, -0.25) is 4.55 Å². The van der Waals surface area contributed by atoms with E-state index in [0.717, 1.165) is 16.1 Å². The predicted molar refractivity (Wildman–Crippen MR) is 91.9 cm³/mol. The third-order valence-electron chi connectivity index (χ3n) is 3.29. The van der Waals surface area contributed by atoms with Crippen LogP contribution in [0.5, 0.6) is 0 Å². The molecule has 5 nitrogen and oxygen atoms in total. The SMILES string of the molecule is COC(=O)c1ccc(CN(Cc2cccc(Br)c2)S(=O)O)c(F)c1. The standard InChI is InChI=1S/C16H15BrFNO4S/c1-23-16(20)12-5-6-13(15(18)8-12)10-19(24(21)22)9-11-3-2-4-14(17)7-11/h2-8H,9-10H2,1H3,(H,21,22). The fraction of sp³-hybridized carbons (Fsp3) is 0.188. The lowest BCUT2D eigenvalue weighted by molar-refractivity contribution is 0.0600. The Kier molecular flexibility index (Phi) is 6.61. The summed E-state index contributed by atoms with van der Waals surface area (Å²) in [5.41, 5.74) is 1.10. The van der Waals surface area contributed by atoms with Crippen molar-refractivity contribution in [1.82, 2.24) is 4.31 Å². The molecule has 1 atom stereocenters. The molecule has 0 radical (unpaired) electrons. The Morgan fingerprint density at radius 3 is 2.62 bits per heavy atom. The van der Waals surface area contributed by atoms with Crippen molar-refractivity contribution in [1.29, 1.82) is 0 Å². The van der Waals surface area contributed by atoms with Gasteiger partial charge in [-0.15, -0.1) is 0 Å². The molecule has 1 N–H and O–H groups in total. The van der Waals surface area contributed by atoms with Crippen LogP contribution in [0.2, 0.25) is 0 Å². The Morgan fingerprint density at radius 1 is 1.29 bits per heavy atom. The summed E-state index contributed by atoms with van der Waals surface area (Å²) in [6, 6.07) is 11.2. The number of benzene rings is 2. The molecule has 8 heteroatoms. The molecule has 0 aliphatic heterocycles. The molecule has 2 aromatic rings. The number of carbonyl (C=O) groups excluding carboxylic acids is 1. The van der Waals surface area contributed by atoms with Crippen LogP contribution in [0, 0.1) is 5.82 Å². The van der Waals surface area contributed by atoms with E-state index in [0.29, 0.717) is 0 Å². The van der Waals surface area contributed by atoms with Crippen LogP contribution in [0.1, 0.15) is 21.5 Å². The molecule has 0 saturated carbocycles. The van der Waals surface area contributed by atoms with E-state index in [9.17, 15) is 17.9 Å². The first kappa shape index (κ1) is 18.7. The van der Waals surface area contributed by atoms with Gasteiger partial charge < -0.3 is 4.74 Å². The second-order valence-corrected chi connectivity index (χ2v) is 6.85. The average Bonchev–Trinajstić information content (AvgIpc) is 2.55. The molecule has 0 fully saturated rings. The third-order valence-corrected chi connectivity index (χ3v) is 4.48. The Hall–Kier alpha value is -1.61. The van der Waals surface area contributed by atoms with E-state index >= 15 is 0 Å². The monoisotopic (exact) mass is 415 g/mol. The van der Waals surface area contributed by atoms with Gasteiger partial charge in [0.15, 0.2) is 0 Å². The summed E-state index contributed by atoms with van der Waals surface area (Å²) in [5, 5.41) is 0. The number of methoxy groups -OCH3 is 1. The highest BCUT2D eigenvalue weighted by molar-refractivity contribution is 9.10. The first-order valence-corrected chi connectivity index (χ1v) is 8.73. The molecule has 0 aliphatic rings. The van der Waals surface area contributed by atoms with Crippen molar-refractivity contribution in [2.75, 3.05) is 7.11 Å². The predicted octanol–water partition coefficient (Wildman–Crippen LogP) is 3.51. The quantitative estimate of drug-likeness (QED) is 0.578.